The van der Waals surface area contributed by atoms with Crippen LogP contribution < -0.4 is 0 Å². The van der Waals surface area contributed by atoms with Gasteiger partial charge in [-0.25, -0.2) is 9.69 Å². The lowest BCUT2D eigenvalue weighted by molar-refractivity contribution is -0.132. The summed E-state index contributed by atoms with van der Waals surface area (Å²) in [4.78, 5) is 26.2. The Bertz CT molecular complexity index is 770. The summed E-state index contributed by atoms with van der Waals surface area (Å²) in [6.45, 7) is 2.11. The molecule has 0 bridgehead atoms. The zero-order valence-corrected chi connectivity index (χ0v) is 14.9. The number of rotatable bonds is 6. The van der Waals surface area contributed by atoms with Crippen molar-refractivity contribution in [2.45, 2.75) is 25.8 Å². The first kappa shape index (κ1) is 17.9. The summed E-state index contributed by atoms with van der Waals surface area (Å²) in [5.74, 6) is -0.454. The van der Waals surface area contributed by atoms with Crippen LogP contribution in [-0.4, -0.2) is 29.5 Å². The number of amides is 2. The molecule has 1 aliphatic heterocycles. The fourth-order valence-electron chi connectivity index (χ4n) is 3.08. The molecular formula is C22H23NO3. The quantitative estimate of drug-likeness (QED) is 0.780. The monoisotopic (exact) mass is 349 g/mol. The standard InChI is InChI=1S/C22H23NO3/c1-17(9-8-14-18-10-4-2-5-11-18)21(24)23-20(16-26-22(23)25)15-19-12-6-3-7-13-19/h2-8,10-14,17,20H,9,15-16H2,1H3/b14-8+/t17-,20+/m1/s1. The van der Waals surface area contributed by atoms with Gasteiger partial charge in [0.15, 0.2) is 0 Å². The van der Waals surface area contributed by atoms with Crippen LogP contribution in [0.25, 0.3) is 6.08 Å². The number of carbonyl (C=O) groups is 2. The molecule has 0 saturated carbocycles. The molecule has 0 aliphatic carbocycles. The van der Waals surface area contributed by atoms with Crippen LogP contribution in [-0.2, 0) is 16.0 Å². The van der Waals surface area contributed by atoms with E-state index in [1.807, 2.05) is 79.7 Å². The van der Waals surface area contributed by atoms with Crippen LogP contribution in [0.1, 0.15) is 24.5 Å². The zero-order chi connectivity index (χ0) is 18.4. The van der Waals surface area contributed by atoms with Crippen molar-refractivity contribution in [1.82, 2.24) is 4.90 Å². The van der Waals surface area contributed by atoms with E-state index in [4.69, 9.17) is 4.74 Å². The van der Waals surface area contributed by atoms with Gasteiger partial charge in [0, 0.05) is 5.92 Å². The number of benzene rings is 2. The van der Waals surface area contributed by atoms with E-state index >= 15 is 0 Å². The maximum atomic E-state index is 12.8. The summed E-state index contributed by atoms with van der Waals surface area (Å²) in [7, 11) is 0. The number of nitrogens with zero attached hydrogens (tertiary/aromatic N) is 1. The lowest BCUT2D eigenvalue weighted by Gasteiger charge is -2.22. The normalized spacial score (nSPS) is 18.1. The van der Waals surface area contributed by atoms with E-state index in [-0.39, 0.29) is 24.5 Å². The molecule has 134 valence electrons. The summed E-state index contributed by atoms with van der Waals surface area (Å²) in [6, 6.07) is 19.6. The second-order valence-electron chi connectivity index (χ2n) is 6.58. The number of hydrogen-bond acceptors (Lipinski definition) is 3. The molecule has 0 aromatic heterocycles. The molecule has 1 fully saturated rings. The molecule has 1 aliphatic rings. The Morgan fingerprint density at radius 3 is 2.50 bits per heavy atom. The van der Waals surface area contributed by atoms with Crippen molar-refractivity contribution in [1.29, 1.82) is 0 Å². The molecule has 2 atom stereocenters. The van der Waals surface area contributed by atoms with Gasteiger partial charge >= 0.3 is 6.09 Å². The van der Waals surface area contributed by atoms with Crippen LogP contribution >= 0.6 is 0 Å². The van der Waals surface area contributed by atoms with Crippen LogP contribution in [0.15, 0.2) is 66.7 Å². The lowest BCUT2D eigenvalue weighted by Crippen LogP contribution is -2.42. The number of cyclic esters (lactones) is 1. The van der Waals surface area contributed by atoms with E-state index in [9.17, 15) is 9.59 Å². The van der Waals surface area contributed by atoms with Crippen LogP contribution in [0.3, 0.4) is 0 Å². The first-order valence-electron chi connectivity index (χ1n) is 8.90. The minimum absolute atomic E-state index is 0.175. The van der Waals surface area contributed by atoms with E-state index in [0.29, 0.717) is 12.8 Å². The minimum atomic E-state index is -0.533. The van der Waals surface area contributed by atoms with E-state index in [0.717, 1.165) is 11.1 Å². The Balaban J connectivity index is 1.62. The Kier molecular flexibility index (Phi) is 5.84. The third kappa shape index (κ3) is 4.39. The molecule has 0 radical (unpaired) electrons. The largest absolute Gasteiger partial charge is 0.447 e. The molecule has 2 aromatic carbocycles. The van der Waals surface area contributed by atoms with E-state index in [2.05, 4.69) is 0 Å². The maximum absolute atomic E-state index is 12.8. The van der Waals surface area contributed by atoms with Crippen molar-refractivity contribution in [3.63, 3.8) is 0 Å². The number of hydrogen-bond donors (Lipinski definition) is 0. The fraction of sp³-hybridized carbons (Fsp3) is 0.273. The predicted octanol–water partition coefficient (Wildman–Crippen LogP) is 4.32. The first-order valence-corrected chi connectivity index (χ1v) is 8.90. The van der Waals surface area contributed by atoms with Gasteiger partial charge in [-0.3, -0.25) is 4.79 Å². The second-order valence-corrected chi connectivity index (χ2v) is 6.58. The van der Waals surface area contributed by atoms with Crippen LogP contribution in [0.4, 0.5) is 4.79 Å². The van der Waals surface area contributed by atoms with Gasteiger partial charge < -0.3 is 4.74 Å². The zero-order valence-electron chi connectivity index (χ0n) is 14.9. The van der Waals surface area contributed by atoms with Crippen molar-refractivity contribution in [2.24, 2.45) is 5.92 Å². The van der Waals surface area contributed by atoms with Crippen molar-refractivity contribution in [3.8, 4) is 0 Å². The molecule has 0 spiro atoms. The van der Waals surface area contributed by atoms with Gasteiger partial charge in [0.1, 0.15) is 6.61 Å². The van der Waals surface area contributed by atoms with Gasteiger partial charge in [0.25, 0.3) is 0 Å². The molecule has 3 rings (SSSR count). The van der Waals surface area contributed by atoms with Gasteiger partial charge in [0.2, 0.25) is 5.91 Å². The third-order valence-corrected chi connectivity index (χ3v) is 4.53. The highest BCUT2D eigenvalue weighted by molar-refractivity contribution is 5.94. The molecule has 4 nitrogen and oxygen atoms in total. The maximum Gasteiger partial charge on any atom is 0.416 e. The Hall–Kier alpha value is -2.88. The van der Waals surface area contributed by atoms with E-state index < -0.39 is 6.09 Å². The summed E-state index contributed by atoms with van der Waals surface area (Å²) in [6.07, 6.45) is 4.63. The van der Waals surface area contributed by atoms with E-state index in [1.54, 1.807) is 0 Å². The molecule has 2 aromatic rings. The molecule has 26 heavy (non-hydrogen) atoms. The third-order valence-electron chi connectivity index (χ3n) is 4.53. The lowest BCUT2D eigenvalue weighted by atomic mass is 10.0. The Morgan fingerprint density at radius 2 is 1.81 bits per heavy atom. The molecule has 0 N–H and O–H groups in total. The smallest absolute Gasteiger partial charge is 0.416 e. The van der Waals surface area contributed by atoms with Gasteiger partial charge in [-0.1, -0.05) is 79.7 Å². The summed E-state index contributed by atoms with van der Waals surface area (Å²) < 4.78 is 5.14. The summed E-state index contributed by atoms with van der Waals surface area (Å²) >= 11 is 0. The summed E-state index contributed by atoms with van der Waals surface area (Å²) in [5.41, 5.74) is 2.18. The Morgan fingerprint density at radius 1 is 1.15 bits per heavy atom. The number of allylic oxidation sites excluding steroid dienone is 1. The fourth-order valence-corrected chi connectivity index (χ4v) is 3.08. The highest BCUT2D eigenvalue weighted by atomic mass is 16.6. The molecule has 1 heterocycles. The van der Waals surface area contributed by atoms with Gasteiger partial charge in [-0.05, 0) is 24.0 Å². The van der Waals surface area contributed by atoms with Gasteiger partial charge in [-0.2, -0.15) is 0 Å². The second kappa shape index (κ2) is 8.48. The predicted molar refractivity (Wildman–Crippen MR) is 101 cm³/mol. The summed E-state index contributed by atoms with van der Waals surface area (Å²) in [5, 5.41) is 0. The van der Waals surface area contributed by atoms with Crippen molar-refractivity contribution < 1.29 is 14.3 Å². The first-order chi connectivity index (χ1) is 12.6. The molecular weight excluding hydrogens is 326 g/mol. The van der Waals surface area contributed by atoms with Crippen molar-refractivity contribution in [2.75, 3.05) is 6.61 Å². The number of carbonyl (C=O) groups excluding carboxylic acids is 2. The van der Waals surface area contributed by atoms with Crippen LogP contribution in [0, 0.1) is 5.92 Å². The minimum Gasteiger partial charge on any atom is -0.447 e. The van der Waals surface area contributed by atoms with E-state index in [1.165, 1.54) is 4.90 Å². The van der Waals surface area contributed by atoms with Crippen molar-refractivity contribution >= 4 is 18.1 Å². The van der Waals surface area contributed by atoms with Gasteiger partial charge in [-0.15, -0.1) is 0 Å². The highest BCUT2D eigenvalue weighted by Gasteiger charge is 2.39. The molecule has 2 amide bonds. The number of ether oxygens (including phenoxy) is 1. The van der Waals surface area contributed by atoms with Gasteiger partial charge in [0.05, 0.1) is 6.04 Å². The van der Waals surface area contributed by atoms with Crippen LogP contribution in [0.5, 0.6) is 0 Å². The Labute approximate surface area is 154 Å². The average Bonchev–Trinajstić information content (AvgIpc) is 3.03. The SMILES string of the molecule is C[C@H](C/C=C/c1ccccc1)C(=O)N1C(=O)OC[C@@H]1Cc1ccccc1. The molecule has 0 unspecified atom stereocenters. The van der Waals surface area contributed by atoms with Crippen LogP contribution in [0.2, 0.25) is 0 Å². The number of imide groups is 1. The average molecular weight is 349 g/mol. The molecule has 1 saturated heterocycles. The topological polar surface area (TPSA) is 46.6 Å². The van der Waals surface area contributed by atoms with Crippen molar-refractivity contribution in [3.05, 3.63) is 77.9 Å². The molecule has 4 heteroatoms. The highest BCUT2D eigenvalue weighted by Crippen LogP contribution is 2.21.